The van der Waals surface area contributed by atoms with Crippen molar-refractivity contribution in [2.75, 3.05) is 7.11 Å². The second-order valence-electron chi connectivity index (χ2n) is 4.49. The number of hydrogen-bond donors (Lipinski definition) is 2. The van der Waals surface area contributed by atoms with E-state index in [0.29, 0.717) is 6.42 Å². The number of nitrogens with two attached hydrogens (primary N) is 1. The Morgan fingerprint density at radius 2 is 2.17 bits per heavy atom. The van der Waals surface area contributed by atoms with E-state index in [-0.39, 0.29) is 11.9 Å². The lowest BCUT2D eigenvalue weighted by Crippen LogP contribution is -2.41. The number of hydrogen-bond acceptors (Lipinski definition) is 3. The van der Waals surface area contributed by atoms with Crippen molar-refractivity contribution in [2.24, 2.45) is 5.73 Å². The molecule has 0 saturated carbocycles. The summed E-state index contributed by atoms with van der Waals surface area (Å²) in [4.78, 5) is 11.8. The zero-order chi connectivity index (χ0) is 13.7. The van der Waals surface area contributed by atoms with Crippen LogP contribution in [-0.4, -0.2) is 19.1 Å². The minimum absolute atomic E-state index is 0.120. The first-order valence-corrected chi connectivity index (χ1v) is 6.20. The van der Waals surface area contributed by atoms with Gasteiger partial charge in [-0.3, -0.25) is 4.79 Å². The van der Waals surface area contributed by atoms with Crippen LogP contribution in [0.3, 0.4) is 0 Å². The van der Waals surface area contributed by atoms with Crippen LogP contribution in [0, 0.1) is 6.92 Å². The summed E-state index contributed by atoms with van der Waals surface area (Å²) in [6.07, 6.45) is 0.628. The van der Waals surface area contributed by atoms with Crippen molar-refractivity contribution in [3.63, 3.8) is 0 Å². The number of methoxy groups -OCH3 is 1. The van der Waals surface area contributed by atoms with Crippen LogP contribution in [-0.2, 0) is 4.79 Å². The summed E-state index contributed by atoms with van der Waals surface area (Å²) in [5.74, 6) is 0.645. The van der Waals surface area contributed by atoms with Crippen molar-refractivity contribution < 1.29 is 9.53 Å². The summed E-state index contributed by atoms with van der Waals surface area (Å²) in [6.45, 7) is 5.83. The smallest absolute Gasteiger partial charge is 0.237 e. The van der Waals surface area contributed by atoms with Gasteiger partial charge < -0.3 is 15.8 Å². The molecule has 0 aliphatic heterocycles. The molecule has 1 aromatic rings. The molecule has 18 heavy (non-hydrogen) atoms. The Bertz CT molecular complexity index is 418. The van der Waals surface area contributed by atoms with Gasteiger partial charge in [-0.25, -0.2) is 0 Å². The molecule has 0 radical (unpaired) electrons. The molecule has 0 fully saturated rings. The zero-order valence-electron chi connectivity index (χ0n) is 11.5. The van der Waals surface area contributed by atoms with E-state index in [1.165, 1.54) is 0 Å². The Morgan fingerprint density at radius 1 is 1.50 bits per heavy atom. The first-order valence-electron chi connectivity index (χ1n) is 6.20. The van der Waals surface area contributed by atoms with E-state index >= 15 is 0 Å². The molecule has 0 heterocycles. The molecule has 0 aliphatic rings. The summed E-state index contributed by atoms with van der Waals surface area (Å²) in [7, 11) is 1.63. The molecule has 1 amide bonds. The molecular formula is C14H22N2O2. The SMILES string of the molecule is CCC(N)C(=O)NC(C)c1cc(C)ccc1OC. The lowest BCUT2D eigenvalue weighted by Gasteiger charge is -2.19. The van der Waals surface area contributed by atoms with Crippen molar-refractivity contribution >= 4 is 5.91 Å². The van der Waals surface area contributed by atoms with E-state index in [0.717, 1.165) is 16.9 Å². The van der Waals surface area contributed by atoms with Gasteiger partial charge in [-0.15, -0.1) is 0 Å². The normalized spacial score (nSPS) is 13.8. The maximum absolute atomic E-state index is 11.8. The first kappa shape index (κ1) is 14.5. The quantitative estimate of drug-likeness (QED) is 0.839. The Kier molecular flexibility index (Phi) is 5.16. The predicted octanol–water partition coefficient (Wildman–Crippen LogP) is 1.92. The predicted molar refractivity (Wildman–Crippen MR) is 72.6 cm³/mol. The molecule has 4 nitrogen and oxygen atoms in total. The fourth-order valence-electron chi connectivity index (χ4n) is 1.78. The van der Waals surface area contributed by atoms with Gasteiger partial charge in [0.1, 0.15) is 5.75 Å². The van der Waals surface area contributed by atoms with Crippen LogP contribution in [0.4, 0.5) is 0 Å². The second-order valence-corrected chi connectivity index (χ2v) is 4.49. The van der Waals surface area contributed by atoms with E-state index in [1.54, 1.807) is 7.11 Å². The van der Waals surface area contributed by atoms with Gasteiger partial charge in [0.2, 0.25) is 5.91 Å². The Labute approximate surface area is 109 Å². The van der Waals surface area contributed by atoms with E-state index in [1.807, 2.05) is 39.0 Å². The third-order valence-corrected chi connectivity index (χ3v) is 2.99. The molecule has 0 aliphatic carbocycles. The summed E-state index contributed by atoms with van der Waals surface area (Å²) in [5, 5.41) is 2.90. The molecule has 2 unspecified atom stereocenters. The van der Waals surface area contributed by atoms with Crippen LogP contribution in [0.1, 0.15) is 37.4 Å². The molecule has 0 aromatic heterocycles. The lowest BCUT2D eigenvalue weighted by molar-refractivity contribution is -0.123. The van der Waals surface area contributed by atoms with Gasteiger partial charge in [0.15, 0.2) is 0 Å². The molecule has 1 aromatic carbocycles. The number of nitrogens with one attached hydrogen (secondary N) is 1. The van der Waals surface area contributed by atoms with Crippen molar-refractivity contribution in [1.82, 2.24) is 5.32 Å². The maximum Gasteiger partial charge on any atom is 0.237 e. The lowest BCUT2D eigenvalue weighted by atomic mass is 10.0. The summed E-state index contributed by atoms with van der Waals surface area (Å²) >= 11 is 0. The monoisotopic (exact) mass is 250 g/mol. The highest BCUT2D eigenvalue weighted by atomic mass is 16.5. The van der Waals surface area contributed by atoms with Gasteiger partial charge >= 0.3 is 0 Å². The summed E-state index contributed by atoms with van der Waals surface area (Å²) < 4.78 is 5.31. The van der Waals surface area contributed by atoms with Crippen molar-refractivity contribution in [2.45, 2.75) is 39.3 Å². The van der Waals surface area contributed by atoms with Crippen molar-refractivity contribution in [1.29, 1.82) is 0 Å². The van der Waals surface area contributed by atoms with E-state index in [4.69, 9.17) is 10.5 Å². The fraction of sp³-hybridized carbons (Fsp3) is 0.500. The first-order chi connectivity index (χ1) is 8.49. The molecule has 100 valence electrons. The average molecular weight is 250 g/mol. The Morgan fingerprint density at radius 3 is 2.72 bits per heavy atom. The molecular weight excluding hydrogens is 228 g/mol. The Hall–Kier alpha value is -1.55. The third kappa shape index (κ3) is 3.47. The number of ether oxygens (including phenoxy) is 1. The van der Waals surface area contributed by atoms with E-state index in [9.17, 15) is 4.79 Å². The van der Waals surface area contributed by atoms with Gasteiger partial charge in [-0.1, -0.05) is 24.6 Å². The third-order valence-electron chi connectivity index (χ3n) is 2.99. The van der Waals surface area contributed by atoms with Crippen LogP contribution >= 0.6 is 0 Å². The average Bonchev–Trinajstić information content (AvgIpc) is 2.37. The minimum Gasteiger partial charge on any atom is -0.496 e. The summed E-state index contributed by atoms with van der Waals surface area (Å²) in [5.41, 5.74) is 7.80. The maximum atomic E-state index is 11.8. The highest BCUT2D eigenvalue weighted by Crippen LogP contribution is 2.26. The molecule has 0 bridgehead atoms. The molecule has 0 saturated heterocycles. The second kappa shape index (κ2) is 6.40. The number of benzene rings is 1. The topological polar surface area (TPSA) is 64.4 Å². The number of amides is 1. The van der Waals surface area contributed by atoms with Crippen molar-refractivity contribution in [3.8, 4) is 5.75 Å². The molecule has 4 heteroatoms. The molecule has 3 N–H and O–H groups in total. The van der Waals surface area contributed by atoms with Gasteiger partial charge in [0.25, 0.3) is 0 Å². The summed E-state index contributed by atoms with van der Waals surface area (Å²) in [6, 6.07) is 5.33. The van der Waals surface area contributed by atoms with Gasteiger partial charge in [-0.2, -0.15) is 0 Å². The van der Waals surface area contributed by atoms with Gasteiger partial charge in [-0.05, 0) is 26.3 Å². The van der Waals surface area contributed by atoms with Gasteiger partial charge in [0, 0.05) is 5.56 Å². The number of rotatable bonds is 5. The number of aryl methyl sites for hydroxylation is 1. The van der Waals surface area contributed by atoms with Crippen LogP contribution in [0.15, 0.2) is 18.2 Å². The van der Waals surface area contributed by atoms with Crippen LogP contribution in [0.25, 0.3) is 0 Å². The van der Waals surface area contributed by atoms with Crippen LogP contribution < -0.4 is 15.8 Å². The largest absolute Gasteiger partial charge is 0.496 e. The van der Waals surface area contributed by atoms with E-state index in [2.05, 4.69) is 5.32 Å². The van der Waals surface area contributed by atoms with Crippen molar-refractivity contribution in [3.05, 3.63) is 29.3 Å². The highest BCUT2D eigenvalue weighted by molar-refractivity contribution is 5.81. The van der Waals surface area contributed by atoms with Gasteiger partial charge in [0.05, 0.1) is 19.2 Å². The zero-order valence-corrected chi connectivity index (χ0v) is 11.5. The minimum atomic E-state index is -0.455. The highest BCUT2D eigenvalue weighted by Gasteiger charge is 2.17. The standard InChI is InChI=1S/C14H22N2O2/c1-5-12(15)14(17)16-10(3)11-8-9(2)6-7-13(11)18-4/h6-8,10,12H,5,15H2,1-4H3,(H,16,17). The molecule has 1 rings (SSSR count). The molecule has 0 spiro atoms. The number of carbonyl (C=O) groups is 1. The molecule has 2 atom stereocenters. The van der Waals surface area contributed by atoms with Crippen LogP contribution in [0.5, 0.6) is 5.75 Å². The Balaban J connectivity index is 2.86. The van der Waals surface area contributed by atoms with Crippen LogP contribution in [0.2, 0.25) is 0 Å². The fourth-order valence-corrected chi connectivity index (χ4v) is 1.78. The number of carbonyl (C=O) groups excluding carboxylic acids is 1. The van der Waals surface area contributed by atoms with E-state index < -0.39 is 6.04 Å².